The second kappa shape index (κ2) is 4.37. The Kier molecular flexibility index (Phi) is 3.41. The maximum absolute atomic E-state index is 13.0. The first-order valence-corrected chi connectivity index (χ1v) is 4.25. The van der Waals surface area contributed by atoms with Crippen molar-refractivity contribution in [3.8, 4) is 5.75 Å². The average molecular weight is 221 g/mol. The highest BCUT2D eigenvalue weighted by Crippen LogP contribution is 2.23. The third-order valence-electron chi connectivity index (χ3n) is 1.52. The normalized spacial score (nSPS) is 10.0. The molecule has 1 aromatic carbocycles. The van der Waals surface area contributed by atoms with Gasteiger partial charge in [0.15, 0.2) is 11.6 Å². The number of hydrogen-bond donors (Lipinski definition) is 0. The summed E-state index contributed by atoms with van der Waals surface area (Å²) in [5.74, 6) is -2.58. The predicted molar refractivity (Wildman–Crippen MR) is 47.7 cm³/mol. The summed E-state index contributed by atoms with van der Waals surface area (Å²) in [7, 11) is 0. The summed E-state index contributed by atoms with van der Waals surface area (Å²) < 4.78 is 30.6. The number of ether oxygens (including phenoxy) is 1. The van der Waals surface area contributed by atoms with Gasteiger partial charge in [0.2, 0.25) is 5.82 Å². The maximum Gasteiger partial charge on any atom is 0.252 e. The highest BCUT2D eigenvalue weighted by atomic mass is 35.5. The Labute approximate surface area is 84.4 Å². The molecule has 0 atom stereocenters. The summed E-state index contributed by atoms with van der Waals surface area (Å²) in [5.41, 5.74) is -0.131. The van der Waals surface area contributed by atoms with Crippen molar-refractivity contribution in [2.24, 2.45) is 0 Å². The molecule has 0 radical (unpaired) electrons. The number of carbonyl (C=O) groups excluding carboxylic acids is 1. The first kappa shape index (κ1) is 10.9. The van der Waals surface area contributed by atoms with Gasteiger partial charge in [0.1, 0.15) is 0 Å². The van der Waals surface area contributed by atoms with Crippen molar-refractivity contribution < 1.29 is 18.3 Å². The van der Waals surface area contributed by atoms with Gasteiger partial charge in [-0.25, -0.2) is 4.39 Å². The molecule has 0 aliphatic heterocycles. The summed E-state index contributed by atoms with van der Waals surface area (Å²) in [5, 5.41) is -0.857. The van der Waals surface area contributed by atoms with Crippen LogP contribution in [0.1, 0.15) is 17.3 Å². The van der Waals surface area contributed by atoms with Gasteiger partial charge in [0.05, 0.1) is 6.61 Å². The van der Waals surface area contributed by atoms with Crippen LogP contribution in [0.4, 0.5) is 8.78 Å². The Morgan fingerprint density at radius 1 is 1.50 bits per heavy atom. The molecule has 0 unspecified atom stereocenters. The fraction of sp³-hybridized carbons (Fsp3) is 0.222. The molecule has 14 heavy (non-hydrogen) atoms. The van der Waals surface area contributed by atoms with Crippen LogP contribution in [-0.4, -0.2) is 11.8 Å². The predicted octanol–water partition coefficient (Wildman–Crippen LogP) is 2.74. The molecular formula is C9H7ClF2O2. The molecule has 1 rings (SSSR count). The average Bonchev–Trinajstić information content (AvgIpc) is 2.12. The summed E-state index contributed by atoms with van der Waals surface area (Å²) >= 11 is 5.12. The first-order valence-electron chi connectivity index (χ1n) is 3.88. The lowest BCUT2D eigenvalue weighted by Crippen LogP contribution is -2.00. The second-order valence-electron chi connectivity index (χ2n) is 2.48. The monoisotopic (exact) mass is 220 g/mol. The van der Waals surface area contributed by atoms with E-state index >= 15 is 0 Å². The highest BCUT2D eigenvalue weighted by molar-refractivity contribution is 6.67. The van der Waals surface area contributed by atoms with E-state index < -0.39 is 16.9 Å². The van der Waals surface area contributed by atoms with Crippen LogP contribution in [0.25, 0.3) is 0 Å². The van der Waals surface area contributed by atoms with Crippen molar-refractivity contribution in [3.63, 3.8) is 0 Å². The van der Waals surface area contributed by atoms with Crippen molar-refractivity contribution in [2.45, 2.75) is 6.92 Å². The van der Waals surface area contributed by atoms with Crippen LogP contribution < -0.4 is 4.74 Å². The van der Waals surface area contributed by atoms with E-state index in [0.717, 1.165) is 12.1 Å². The molecule has 0 amide bonds. The second-order valence-corrected chi connectivity index (χ2v) is 2.82. The minimum Gasteiger partial charge on any atom is -0.491 e. The molecule has 2 nitrogen and oxygen atoms in total. The molecule has 0 saturated carbocycles. The molecule has 76 valence electrons. The number of benzene rings is 1. The van der Waals surface area contributed by atoms with E-state index in [9.17, 15) is 13.6 Å². The summed E-state index contributed by atoms with van der Waals surface area (Å²) in [6.45, 7) is 1.79. The topological polar surface area (TPSA) is 26.3 Å². The van der Waals surface area contributed by atoms with Crippen molar-refractivity contribution in [2.75, 3.05) is 6.61 Å². The zero-order valence-corrected chi connectivity index (χ0v) is 8.07. The molecule has 0 fully saturated rings. The molecular weight excluding hydrogens is 214 g/mol. The zero-order chi connectivity index (χ0) is 10.7. The van der Waals surface area contributed by atoms with E-state index in [1.807, 2.05) is 0 Å². The molecule has 0 aromatic heterocycles. The SMILES string of the molecule is CCOc1cc(C(=O)Cl)cc(F)c1F. The molecule has 0 bridgehead atoms. The van der Waals surface area contributed by atoms with Crippen molar-refractivity contribution in [3.05, 3.63) is 29.3 Å². The first-order chi connectivity index (χ1) is 6.56. The van der Waals surface area contributed by atoms with E-state index in [0.29, 0.717) is 0 Å². The van der Waals surface area contributed by atoms with Crippen molar-refractivity contribution in [1.82, 2.24) is 0 Å². The minimum atomic E-state index is -1.15. The van der Waals surface area contributed by atoms with Gasteiger partial charge in [-0.15, -0.1) is 0 Å². The zero-order valence-electron chi connectivity index (χ0n) is 7.31. The molecule has 0 N–H and O–H groups in total. The van der Waals surface area contributed by atoms with Gasteiger partial charge in [0, 0.05) is 5.56 Å². The van der Waals surface area contributed by atoms with Crippen LogP contribution in [0, 0.1) is 11.6 Å². The summed E-state index contributed by atoms with van der Waals surface area (Å²) in [6.07, 6.45) is 0. The lowest BCUT2D eigenvalue weighted by molar-refractivity contribution is 0.108. The molecule has 0 aliphatic rings. The Bertz CT molecular complexity index is 366. The smallest absolute Gasteiger partial charge is 0.252 e. The summed E-state index contributed by atoms with van der Waals surface area (Å²) in [4.78, 5) is 10.7. The van der Waals surface area contributed by atoms with Crippen molar-refractivity contribution >= 4 is 16.8 Å². The minimum absolute atomic E-state index is 0.131. The van der Waals surface area contributed by atoms with Crippen molar-refractivity contribution in [1.29, 1.82) is 0 Å². The van der Waals surface area contributed by atoms with Gasteiger partial charge in [-0.2, -0.15) is 4.39 Å². The quantitative estimate of drug-likeness (QED) is 0.733. The van der Waals surface area contributed by atoms with E-state index in [2.05, 4.69) is 0 Å². The van der Waals surface area contributed by atoms with Gasteiger partial charge in [0.25, 0.3) is 5.24 Å². The van der Waals surface area contributed by atoms with Gasteiger partial charge >= 0.3 is 0 Å². The lowest BCUT2D eigenvalue weighted by atomic mass is 10.2. The summed E-state index contributed by atoms with van der Waals surface area (Å²) in [6, 6.07) is 1.80. The number of halogens is 3. The highest BCUT2D eigenvalue weighted by Gasteiger charge is 2.14. The van der Waals surface area contributed by atoms with E-state index in [4.69, 9.17) is 16.3 Å². The standard InChI is InChI=1S/C9H7ClF2O2/c1-2-14-7-4-5(9(10)13)3-6(11)8(7)12/h3-4H,2H2,1H3. The number of carbonyl (C=O) groups is 1. The Balaban J connectivity index is 3.20. The van der Waals surface area contributed by atoms with Gasteiger partial charge in [-0.3, -0.25) is 4.79 Å². The van der Waals surface area contributed by atoms with Crippen LogP contribution >= 0.6 is 11.6 Å². The third kappa shape index (κ3) is 2.20. The molecule has 0 spiro atoms. The molecule has 0 heterocycles. The Morgan fingerprint density at radius 2 is 2.14 bits per heavy atom. The largest absolute Gasteiger partial charge is 0.491 e. The van der Waals surface area contributed by atoms with Crippen LogP contribution in [0.2, 0.25) is 0 Å². The van der Waals surface area contributed by atoms with E-state index in [1.54, 1.807) is 6.92 Å². The van der Waals surface area contributed by atoms with Gasteiger partial charge in [-0.05, 0) is 30.7 Å². The third-order valence-corrected chi connectivity index (χ3v) is 1.74. The van der Waals surface area contributed by atoms with Gasteiger partial charge in [-0.1, -0.05) is 0 Å². The maximum atomic E-state index is 13.0. The number of hydrogen-bond acceptors (Lipinski definition) is 2. The van der Waals surface area contributed by atoms with E-state index in [-0.39, 0.29) is 17.9 Å². The lowest BCUT2D eigenvalue weighted by Gasteiger charge is -2.06. The molecule has 0 aliphatic carbocycles. The van der Waals surface area contributed by atoms with Gasteiger partial charge < -0.3 is 4.74 Å². The van der Waals surface area contributed by atoms with Crippen LogP contribution in [0.15, 0.2) is 12.1 Å². The van der Waals surface area contributed by atoms with Crippen LogP contribution in [0.3, 0.4) is 0 Å². The molecule has 0 saturated heterocycles. The van der Waals surface area contributed by atoms with E-state index in [1.165, 1.54) is 0 Å². The molecule has 5 heteroatoms. The van der Waals surface area contributed by atoms with Crippen LogP contribution in [0.5, 0.6) is 5.75 Å². The molecule has 1 aromatic rings. The fourth-order valence-electron chi connectivity index (χ4n) is 0.938. The Hall–Kier alpha value is -1.16. The number of rotatable bonds is 3. The Morgan fingerprint density at radius 3 is 2.64 bits per heavy atom. The fourth-order valence-corrected chi connectivity index (χ4v) is 1.05. The van der Waals surface area contributed by atoms with Crippen LogP contribution in [-0.2, 0) is 0 Å².